The summed E-state index contributed by atoms with van der Waals surface area (Å²) in [6.07, 6.45) is -2.55. The number of carbonyl (C=O) groups excluding carboxylic acids is 1. The molecule has 2 bridgehead atoms. The van der Waals surface area contributed by atoms with Crippen LogP contribution in [0.25, 0.3) is 16.8 Å². The normalized spacial score (nSPS) is 21.9. The van der Waals surface area contributed by atoms with E-state index in [1.807, 2.05) is 0 Å². The number of nitrogens with one attached hydrogen (secondary N) is 1. The Kier molecular flexibility index (Phi) is 5.64. The van der Waals surface area contributed by atoms with Crippen LogP contribution in [0.1, 0.15) is 47.3 Å². The van der Waals surface area contributed by atoms with Gasteiger partial charge in [-0.05, 0) is 72.6 Å². The van der Waals surface area contributed by atoms with Crippen molar-refractivity contribution in [2.75, 3.05) is 0 Å². The van der Waals surface area contributed by atoms with Gasteiger partial charge in [0.2, 0.25) is 0 Å². The first kappa shape index (κ1) is 23.4. The molecule has 2 fully saturated rings. The molecule has 35 heavy (non-hydrogen) atoms. The summed E-state index contributed by atoms with van der Waals surface area (Å²) in [6.45, 7) is 0. The molecule has 4 nitrogen and oxygen atoms in total. The second-order valence-corrected chi connectivity index (χ2v) is 9.25. The lowest BCUT2D eigenvalue weighted by molar-refractivity contribution is -0.143. The van der Waals surface area contributed by atoms with Gasteiger partial charge in [-0.1, -0.05) is 18.6 Å². The van der Waals surface area contributed by atoms with Crippen LogP contribution >= 0.6 is 0 Å². The molecule has 0 radical (unpaired) electrons. The fourth-order valence-corrected chi connectivity index (χ4v) is 5.27. The second kappa shape index (κ2) is 8.42. The largest absolute Gasteiger partial charge is 0.416 e. The van der Waals surface area contributed by atoms with Gasteiger partial charge in [0.1, 0.15) is 5.69 Å². The zero-order chi connectivity index (χ0) is 25.0. The summed E-state index contributed by atoms with van der Waals surface area (Å²) >= 11 is 0. The molecular formula is C25H21F6N3O. The first-order valence-electron chi connectivity index (χ1n) is 11.2. The maximum atomic E-state index is 13.2. The number of aromatic nitrogens is 2. The average Bonchev–Trinajstić information content (AvgIpc) is 3.55. The molecule has 5 rings (SSSR count). The van der Waals surface area contributed by atoms with Crippen molar-refractivity contribution in [2.24, 2.45) is 11.8 Å². The molecule has 2 saturated carbocycles. The zero-order valence-electron chi connectivity index (χ0n) is 18.3. The van der Waals surface area contributed by atoms with Crippen molar-refractivity contribution in [3.05, 3.63) is 71.8 Å². The number of alkyl halides is 6. The fraction of sp³-hybridized carbons (Fsp3) is 0.360. The van der Waals surface area contributed by atoms with Crippen LogP contribution in [-0.2, 0) is 12.4 Å². The SMILES string of the molecule is O=C(N[C@@H]1C[C@H]2CC[C@H]1C2)c1cncn1-c1ccc(-c2cc(C(F)(F)F)cc(C(F)(F)F)c2)cc1. The summed E-state index contributed by atoms with van der Waals surface area (Å²) < 4.78 is 80.7. The molecule has 3 aromatic rings. The Bertz CT molecular complexity index is 1210. The highest BCUT2D eigenvalue weighted by molar-refractivity contribution is 5.93. The number of fused-ring (bicyclic) bond motifs is 2. The highest BCUT2D eigenvalue weighted by Gasteiger charge is 2.40. The van der Waals surface area contributed by atoms with Crippen molar-refractivity contribution in [3.63, 3.8) is 0 Å². The van der Waals surface area contributed by atoms with Crippen molar-refractivity contribution in [1.29, 1.82) is 0 Å². The van der Waals surface area contributed by atoms with E-state index in [1.165, 1.54) is 43.2 Å². The molecule has 0 unspecified atom stereocenters. The summed E-state index contributed by atoms with van der Waals surface area (Å²) in [5.41, 5.74) is -1.97. The molecule has 2 aliphatic rings. The van der Waals surface area contributed by atoms with Crippen LogP contribution in [0.15, 0.2) is 55.0 Å². The van der Waals surface area contributed by atoms with Gasteiger partial charge >= 0.3 is 12.4 Å². The van der Waals surface area contributed by atoms with E-state index in [2.05, 4.69) is 10.3 Å². The number of hydrogen-bond donors (Lipinski definition) is 1. The molecule has 184 valence electrons. The van der Waals surface area contributed by atoms with Gasteiger partial charge in [0, 0.05) is 11.7 Å². The van der Waals surface area contributed by atoms with Crippen LogP contribution in [0.4, 0.5) is 26.3 Å². The van der Waals surface area contributed by atoms with Crippen LogP contribution in [0, 0.1) is 11.8 Å². The number of carbonyl (C=O) groups is 1. The van der Waals surface area contributed by atoms with Crippen LogP contribution in [0.5, 0.6) is 0 Å². The third-order valence-corrected chi connectivity index (χ3v) is 6.99. The first-order valence-corrected chi connectivity index (χ1v) is 11.2. The van der Waals surface area contributed by atoms with E-state index in [0.29, 0.717) is 35.3 Å². The van der Waals surface area contributed by atoms with Crippen molar-refractivity contribution in [1.82, 2.24) is 14.9 Å². The van der Waals surface area contributed by atoms with Gasteiger partial charge in [-0.25, -0.2) is 4.98 Å². The summed E-state index contributed by atoms with van der Waals surface area (Å²) in [5, 5.41) is 3.09. The molecule has 0 aliphatic heterocycles. The molecule has 3 atom stereocenters. The van der Waals surface area contributed by atoms with E-state index in [1.54, 1.807) is 4.57 Å². The molecule has 2 aromatic carbocycles. The number of imidazole rings is 1. The predicted octanol–water partition coefficient (Wildman–Crippen LogP) is 6.50. The lowest BCUT2D eigenvalue weighted by atomic mass is 9.95. The Morgan fingerprint density at radius 3 is 2.09 bits per heavy atom. The third kappa shape index (κ3) is 4.66. The molecule has 1 aromatic heterocycles. The lowest BCUT2D eigenvalue weighted by Gasteiger charge is -2.23. The highest BCUT2D eigenvalue weighted by Crippen LogP contribution is 2.44. The molecule has 1 amide bonds. The number of hydrogen-bond acceptors (Lipinski definition) is 2. The summed E-state index contributed by atoms with van der Waals surface area (Å²) in [4.78, 5) is 17.0. The number of halogens is 6. The summed E-state index contributed by atoms with van der Waals surface area (Å²) in [6, 6.07) is 7.51. The number of nitrogens with zero attached hydrogens (tertiary/aromatic N) is 2. The summed E-state index contributed by atoms with van der Waals surface area (Å²) in [7, 11) is 0. The minimum absolute atomic E-state index is 0.102. The first-order chi connectivity index (χ1) is 16.5. The highest BCUT2D eigenvalue weighted by atomic mass is 19.4. The monoisotopic (exact) mass is 493 g/mol. The molecule has 2 aliphatic carbocycles. The van der Waals surface area contributed by atoms with Gasteiger partial charge in [-0.15, -0.1) is 0 Å². The second-order valence-electron chi connectivity index (χ2n) is 9.25. The third-order valence-electron chi connectivity index (χ3n) is 6.99. The molecule has 0 spiro atoms. The van der Waals surface area contributed by atoms with Gasteiger partial charge < -0.3 is 5.32 Å². The van der Waals surface area contributed by atoms with Crippen molar-refractivity contribution in [3.8, 4) is 16.8 Å². The van der Waals surface area contributed by atoms with Gasteiger partial charge in [-0.2, -0.15) is 26.3 Å². The number of benzene rings is 2. The van der Waals surface area contributed by atoms with Gasteiger partial charge in [0.15, 0.2) is 0 Å². The molecule has 1 N–H and O–H groups in total. The smallest absolute Gasteiger partial charge is 0.348 e. The van der Waals surface area contributed by atoms with Crippen molar-refractivity contribution < 1.29 is 31.1 Å². The van der Waals surface area contributed by atoms with Gasteiger partial charge in [0.05, 0.1) is 23.7 Å². The minimum Gasteiger partial charge on any atom is -0.348 e. The number of rotatable bonds is 4. The van der Waals surface area contributed by atoms with E-state index in [-0.39, 0.29) is 29.1 Å². The van der Waals surface area contributed by atoms with Crippen LogP contribution in [0.3, 0.4) is 0 Å². The van der Waals surface area contributed by atoms with E-state index in [4.69, 9.17) is 0 Å². The lowest BCUT2D eigenvalue weighted by Crippen LogP contribution is -2.39. The molecule has 0 saturated heterocycles. The Balaban J connectivity index is 1.41. The van der Waals surface area contributed by atoms with E-state index >= 15 is 0 Å². The van der Waals surface area contributed by atoms with Gasteiger partial charge in [0.25, 0.3) is 5.91 Å². The van der Waals surface area contributed by atoms with Crippen LogP contribution in [-0.4, -0.2) is 21.5 Å². The average molecular weight is 493 g/mol. The topological polar surface area (TPSA) is 46.9 Å². The standard InChI is InChI=1S/C25H21F6N3O/c26-24(27,28)18-9-17(10-19(11-18)25(29,30)31)15-3-5-20(6-4-15)34-13-32-12-22(34)23(35)33-21-8-14-1-2-16(21)7-14/h3-6,9-14,16,21H,1-2,7-8H2,(H,33,35)/t14-,16-,21+/m0/s1. The zero-order valence-corrected chi connectivity index (χ0v) is 18.3. The number of amides is 1. The predicted molar refractivity (Wildman–Crippen MR) is 116 cm³/mol. The fourth-order valence-electron chi connectivity index (χ4n) is 5.27. The molecular weight excluding hydrogens is 472 g/mol. The van der Waals surface area contributed by atoms with E-state index < -0.39 is 23.5 Å². The van der Waals surface area contributed by atoms with Crippen LogP contribution < -0.4 is 5.32 Å². The van der Waals surface area contributed by atoms with Crippen molar-refractivity contribution in [2.45, 2.75) is 44.1 Å². The minimum atomic E-state index is -4.92. The molecule has 1 heterocycles. The van der Waals surface area contributed by atoms with Gasteiger partial charge in [-0.3, -0.25) is 9.36 Å². The maximum absolute atomic E-state index is 13.2. The Morgan fingerprint density at radius 2 is 1.54 bits per heavy atom. The quantitative estimate of drug-likeness (QED) is 0.422. The molecule has 10 heteroatoms. The summed E-state index contributed by atoms with van der Waals surface area (Å²) in [5.74, 6) is 0.891. The Hall–Kier alpha value is -3.30. The van der Waals surface area contributed by atoms with Crippen molar-refractivity contribution >= 4 is 5.91 Å². The van der Waals surface area contributed by atoms with E-state index in [0.717, 1.165) is 19.3 Å². The Morgan fingerprint density at radius 1 is 0.886 bits per heavy atom. The maximum Gasteiger partial charge on any atom is 0.416 e. The van der Waals surface area contributed by atoms with Crippen LogP contribution in [0.2, 0.25) is 0 Å². The Labute approximate surface area is 197 Å². The van der Waals surface area contributed by atoms with E-state index in [9.17, 15) is 31.1 Å².